The summed E-state index contributed by atoms with van der Waals surface area (Å²) in [4.78, 5) is 17.5. The Hall–Kier alpha value is -3.02. The molecule has 4 rings (SSSR count). The fourth-order valence-corrected chi connectivity index (χ4v) is 3.23. The van der Waals surface area contributed by atoms with Crippen molar-refractivity contribution in [3.63, 3.8) is 0 Å². The minimum absolute atomic E-state index is 0.392. The van der Waals surface area contributed by atoms with E-state index in [-0.39, 0.29) is 0 Å². The lowest BCUT2D eigenvalue weighted by molar-refractivity contribution is 0.590. The number of imidazole rings is 1. The van der Waals surface area contributed by atoms with E-state index < -0.39 is 0 Å². The van der Waals surface area contributed by atoms with Crippen molar-refractivity contribution in [2.75, 3.05) is 0 Å². The lowest BCUT2D eigenvalue weighted by atomic mass is 9.92. The topological polar surface area (TPSA) is 69.6 Å². The van der Waals surface area contributed by atoms with E-state index in [4.69, 9.17) is 4.42 Å². The molecule has 26 heavy (non-hydrogen) atoms. The molecule has 0 bridgehead atoms. The molecule has 4 aromatic rings. The van der Waals surface area contributed by atoms with Gasteiger partial charge in [0, 0.05) is 12.4 Å². The highest BCUT2D eigenvalue weighted by atomic mass is 16.3. The van der Waals surface area contributed by atoms with Crippen molar-refractivity contribution in [2.45, 2.75) is 39.5 Å². The van der Waals surface area contributed by atoms with Gasteiger partial charge in [-0.05, 0) is 23.0 Å². The van der Waals surface area contributed by atoms with Gasteiger partial charge in [0.05, 0.1) is 11.9 Å². The van der Waals surface area contributed by atoms with E-state index in [0.29, 0.717) is 28.9 Å². The molecule has 0 atom stereocenters. The highest BCUT2D eigenvalue weighted by Crippen LogP contribution is 2.33. The summed E-state index contributed by atoms with van der Waals surface area (Å²) in [6, 6.07) is 6.50. The summed E-state index contributed by atoms with van der Waals surface area (Å²) in [5.74, 6) is 1.53. The van der Waals surface area contributed by atoms with Gasteiger partial charge in [-0.1, -0.05) is 45.9 Å². The maximum absolute atomic E-state index is 5.19. The summed E-state index contributed by atoms with van der Waals surface area (Å²) in [5, 5.41) is 0. The summed E-state index contributed by atoms with van der Waals surface area (Å²) >= 11 is 0. The van der Waals surface area contributed by atoms with Gasteiger partial charge in [-0.25, -0.2) is 15.0 Å². The van der Waals surface area contributed by atoms with E-state index >= 15 is 0 Å². The molecule has 0 aliphatic rings. The number of rotatable bonds is 4. The van der Waals surface area contributed by atoms with Crippen molar-refractivity contribution in [1.29, 1.82) is 0 Å². The fraction of sp³-hybridized carbons (Fsp3) is 0.300. The van der Waals surface area contributed by atoms with E-state index in [1.54, 1.807) is 12.4 Å². The van der Waals surface area contributed by atoms with E-state index in [1.165, 1.54) is 23.2 Å². The molecule has 3 heterocycles. The SMILES string of the molecule is CC(C)c1cccc(C(C)C)c1-n1ccnc1-c1cnc2ocnc2n1. The van der Waals surface area contributed by atoms with Crippen LogP contribution in [0.1, 0.15) is 50.7 Å². The Morgan fingerprint density at radius 1 is 0.962 bits per heavy atom. The number of nitrogens with zero attached hydrogens (tertiary/aromatic N) is 5. The second kappa shape index (κ2) is 6.37. The first-order valence-corrected chi connectivity index (χ1v) is 8.79. The summed E-state index contributed by atoms with van der Waals surface area (Å²) in [5.41, 5.74) is 5.32. The molecular weight excluding hydrogens is 326 g/mol. The average molecular weight is 347 g/mol. The smallest absolute Gasteiger partial charge is 0.266 e. The largest absolute Gasteiger partial charge is 0.424 e. The van der Waals surface area contributed by atoms with Gasteiger partial charge < -0.3 is 4.42 Å². The van der Waals surface area contributed by atoms with Crippen LogP contribution in [0.3, 0.4) is 0 Å². The second-order valence-corrected chi connectivity index (χ2v) is 6.95. The molecule has 6 nitrogen and oxygen atoms in total. The van der Waals surface area contributed by atoms with Gasteiger partial charge in [-0.3, -0.25) is 4.57 Å². The molecule has 0 unspecified atom stereocenters. The number of aromatic nitrogens is 5. The fourth-order valence-electron chi connectivity index (χ4n) is 3.23. The predicted molar refractivity (Wildman–Crippen MR) is 100 cm³/mol. The van der Waals surface area contributed by atoms with E-state index in [9.17, 15) is 0 Å². The van der Waals surface area contributed by atoms with Crippen LogP contribution in [-0.4, -0.2) is 24.5 Å². The Bertz CT molecular complexity index is 1030. The van der Waals surface area contributed by atoms with Crippen LogP contribution in [-0.2, 0) is 0 Å². The van der Waals surface area contributed by atoms with Gasteiger partial charge in [-0.2, -0.15) is 4.98 Å². The highest BCUT2D eigenvalue weighted by Gasteiger charge is 2.19. The molecule has 0 N–H and O–H groups in total. The van der Waals surface area contributed by atoms with Crippen LogP contribution in [0.5, 0.6) is 0 Å². The number of benzene rings is 1. The van der Waals surface area contributed by atoms with Gasteiger partial charge in [0.15, 0.2) is 12.2 Å². The molecule has 0 spiro atoms. The molecule has 1 aromatic carbocycles. The Labute approximate surface area is 152 Å². The van der Waals surface area contributed by atoms with Crippen LogP contribution < -0.4 is 0 Å². The minimum Gasteiger partial charge on any atom is -0.424 e. The van der Waals surface area contributed by atoms with E-state index in [0.717, 1.165) is 5.82 Å². The highest BCUT2D eigenvalue weighted by molar-refractivity contribution is 5.67. The molecular formula is C20H21N5O. The monoisotopic (exact) mass is 347 g/mol. The van der Waals surface area contributed by atoms with Crippen molar-refractivity contribution < 1.29 is 4.42 Å². The number of hydrogen-bond acceptors (Lipinski definition) is 5. The zero-order valence-electron chi connectivity index (χ0n) is 15.3. The first kappa shape index (κ1) is 16.4. The average Bonchev–Trinajstić information content (AvgIpc) is 3.29. The Balaban J connectivity index is 1.95. The third kappa shape index (κ3) is 2.67. The van der Waals surface area contributed by atoms with E-state index in [1.807, 2.05) is 6.20 Å². The number of oxazole rings is 1. The van der Waals surface area contributed by atoms with Gasteiger partial charge in [0.2, 0.25) is 5.65 Å². The van der Waals surface area contributed by atoms with Crippen molar-refractivity contribution >= 4 is 11.4 Å². The van der Waals surface area contributed by atoms with Crippen LogP contribution in [0.15, 0.2) is 47.6 Å². The molecule has 0 fully saturated rings. The summed E-state index contributed by atoms with van der Waals surface area (Å²) in [6.07, 6.45) is 6.81. The zero-order valence-corrected chi connectivity index (χ0v) is 15.3. The zero-order chi connectivity index (χ0) is 18.3. The molecule has 0 aliphatic carbocycles. The maximum Gasteiger partial charge on any atom is 0.266 e. The van der Waals surface area contributed by atoms with Crippen molar-refractivity contribution in [1.82, 2.24) is 24.5 Å². The first-order chi connectivity index (χ1) is 12.6. The molecule has 132 valence electrons. The molecule has 0 saturated carbocycles. The standard InChI is InChI=1S/C20H21N5O/c1-12(2)14-6-5-7-15(13(3)4)17(14)25-9-8-21-19(25)16-10-22-20-18(24-16)23-11-26-20/h5-13H,1-4H3. The Morgan fingerprint density at radius 3 is 2.38 bits per heavy atom. The quantitative estimate of drug-likeness (QED) is 0.534. The van der Waals surface area contributed by atoms with Crippen LogP contribution in [0.4, 0.5) is 0 Å². The third-order valence-electron chi connectivity index (χ3n) is 4.51. The number of para-hydroxylation sites is 1. The van der Waals surface area contributed by atoms with Crippen LogP contribution in [0.2, 0.25) is 0 Å². The van der Waals surface area contributed by atoms with Gasteiger partial charge >= 0.3 is 0 Å². The van der Waals surface area contributed by atoms with Crippen LogP contribution in [0.25, 0.3) is 28.6 Å². The van der Waals surface area contributed by atoms with Crippen LogP contribution in [0, 0.1) is 0 Å². The molecule has 6 heteroatoms. The third-order valence-corrected chi connectivity index (χ3v) is 4.51. The van der Waals surface area contributed by atoms with Gasteiger partial charge in [0.25, 0.3) is 5.71 Å². The first-order valence-electron chi connectivity index (χ1n) is 8.79. The maximum atomic E-state index is 5.19. The number of hydrogen-bond donors (Lipinski definition) is 0. The van der Waals surface area contributed by atoms with E-state index in [2.05, 4.69) is 70.4 Å². The van der Waals surface area contributed by atoms with Crippen LogP contribution >= 0.6 is 0 Å². The predicted octanol–water partition coefficient (Wildman–Crippen LogP) is 4.72. The molecule has 0 radical (unpaired) electrons. The minimum atomic E-state index is 0.392. The summed E-state index contributed by atoms with van der Waals surface area (Å²) < 4.78 is 7.31. The second-order valence-electron chi connectivity index (χ2n) is 6.95. The molecule has 0 amide bonds. The lowest BCUT2D eigenvalue weighted by Crippen LogP contribution is -2.08. The van der Waals surface area contributed by atoms with Crippen molar-refractivity contribution in [2.24, 2.45) is 0 Å². The molecule has 0 saturated heterocycles. The number of fused-ring (bicyclic) bond motifs is 1. The summed E-state index contributed by atoms with van der Waals surface area (Å²) in [7, 11) is 0. The van der Waals surface area contributed by atoms with Crippen molar-refractivity contribution in [3.8, 4) is 17.2 Å². The van der Waals surface area contributed by atoms with Crippen molar-refractivity contribution in [3.05, 3.63) is 54.3 Å². The molecule has 0 aliphatic heterocycles. The molecule has 3 aromatic heterocycles. The normalized spacial score (nSPS) is 11.8. The lowest BCUT2D eigenvalue weighted by Gasteiger charge is -2.21. The Morgan fingerprint density at radius 2 is 1.69 bits per heavy atom. The van der Waals surface area contributed by atoms with Gasteiger partial charge in [0.1, 0.15) is 5.69 Å². The Kier molecular flexibility index (Phi) is 4.03. The van der Waals surface area contributed by atoms with Gasteiger partial charge in [-0.15, -0.1) is 0 Å². The summed E-state index contributed by atoms with van der Waals surface area (Å²) in [6.45, 7) is 8.84.